The number of ether oxygens (including phenoxy) is 1. The van der Waals surface area contributed by atoms with Crippen LogP contribution in [-0.2, 0) is 0 Å². The van der Waals surface area contributed by atoms with E-state index in [0.717, 1.165) is 16.8 Å². The zero-order chi connectivity index (χ0) is 22.1. The Kier molecular flexibility index (Phi) is 5.33. The van der Waals surface area contributed by atoms with Gasteiger partial charge < -0.3 is 10.1 Å². The Morgan fingerprint density at radius 2 is 1.84 bits per heavy atom. The molecule has 2 N–H and O–H groups in total. The van der Waals surface area contributed by atoms with E-state index in [4.69, 9.17) is 4.74 Å². The van der Waals surface area contributed by atoms with Crippen LogP contribution in [0.15, 0.2) is 59.4 Å². The number of hydrogen-bond donors (Lipinski definition) is 2. The summed E-state index contributed by atoms with van der Waals surface area (Å²) in [7, 11) is 0. The highest BCUT2D eigenvalue weighted by atomic mass is 16.5. The number of aromatic nitrogens is 3. The molecule has 1 amide bonds. The lowest BCUT2D eigenvalue weighted by atomic mass is 10.1. The maximum atomic E-state index is 13.2. The van der Waals surface area contributed by atoms with Gasteiger partial charge in [-0.05, 0) is 45.4 Å². The van der Waals surface area contributed by atoms with E-state index in [1.807, 2.05) is 57.2 Å². The normalized spacial score (nSPS) is 11.1. The summed E-state index contributed by atoms with van der Waals surface area (Å²) >= 11 is 0. The number of rotatable bonds is 5. The third kappa shape index (κ3) is 3.94. The fraction of sp³-hybridized carbons (Fsp3) is 0.208. The van der Waals surface area contributed by atoms with E-state index in [0.29, 0.717) is 22.8 Å². The molecule has 0 atom stereocenters. The maximum Gasteiger partial charge on any atom is 0.285 e. The summed E-state index contributed by atoms with van der Waals surface area (Å²) in [5, 5.41) is 5.84. The van der Waals surface area contributed by atoms with Crippen LogP contribution in [0.3, 0.4) is 0 Å². The number of amides is 1. The van der Waals surface area contributed by atoms with Gasteiger partial charge in [0, 0.05) is 23.0 Å². The van der Waals surface area contributed by atoms with Crippen molar-refractivity contribution < 1.29 is 9.53 Å². The van der Waals surface area contributed by atoms with Crippen LogP contribution in [0.5, 0.6) is 5.75 Å². The molecule has 2 heterocycles. The van der Waals surface area contributed by atoms with Gasteiger partial charge >= 0.3 is 0 Å². The highest BCUT2D eigenvalue weighted by Gasteiger charge is 2.22. The lowest BCUT2D eigenvalue weighted by Crippen LogP contribution is -2.29. The van der Waals surface area contributed by atoms with Gasteiger partial charge in [0.1, 0.15) is 11.3 Å². The van der Waals surface area contributed by atoms with Crippen molar-refractivity contribution in [2.45, 2.75) is 33.8 Å². The number of aryl methyl sites for hydroxylation is 2. The first-order valence-corrected chi connectivity index (χ1v) is 10.1. The maximum absolute atomic E-state index is 13.2. The number of benzene rings is 2. The number of aromatic amines is 1. The number of hydrogen-bond acceptors (Lipinski definition) is 4. The van der Waals surface area contributed by atoms with Crippen molar-refractivity contribution in [2.24, 2.45) is 0 Å². The van der Waals surface area contributed by atoms with E-state index >= 15 is 0 Å². The van der Waals surface area contributed by atoms with Gasteiger partial charge in [-0.2, -0.15) is 0 Å². The first kappa shape index (κ1) is 20.4. The zero-order valence-electron chi connectivity index (χ0n) is 17.9. The Hall–Kier alpha value is -3.87. The predicted octanol–water partition coefficient (Wildman–Crippen LogP) is 4.35. The van der Waals surface area contributed by atoms with Gasteiger partial charge in [-0.25, -0.2) is 9.50 Å². The Balaban J connectivity index is 1.74. The molecule has 0 saturated heterocycles. The van der Waals surface area contributed by atoms with E-state index in [1.54, 1.807) is 25.1 Å². The van der Waals surface area contributed by atoms with Crippen molar-refractivity contribution in [1.29, 1.82) is 0 Å². The van der Waals surface area contributed by atoms with E-state index < -0.39 is 11.5 Å². The molecule has 0 bridgehead atoms. The molecule has 0 spiro atoms. The van der Waals surface area contributed by atoms with Crippen molar-refractivity contribution in [2.75, 3.05) is 5.32 Å². The largest absolute Gasteiger partial charge is 0.491 e. The number of carbonyl (C=O) groups excluding carboxylic acids is 1. The summed E-state index contributed by atoms with van der Waals surface area (Å²) in [5.74, 6) is 0.127. The lowest BCUT2D eigenvalue weighted by molar-refractivity contribution is 0.102. The molecule has 31 heavy (non-hydrogen) atoms. The van der Waals surface area contributed by atoms with E-state index in [2.05, 4.69) is 15.4 Å². The van der Waals surface area contributed by atoms with Gasteiger partial charge in [0.05, 0.1) is 11.8 Å². The number of fused-ring (bicyclic) bond motifs is 1. The molecule has 2 aromatic heterocycles. The Bertz CT molecular complexity index is 1320. The molecule has 0 unspecified atom stereocenters. The molecule has 4 aromatic rings. The second-order valence-electron chi connectivity index (χ2n) is 7.66. The van der Waals surface area contributed by atoms with Crippen LogP contribution in [0, 0.1) is 13.8 Å². The number of anilines is 1. The van der Waals surface area contributed by atoms with Crippen LogP contribution >= 0.6 is 0 Å². The fourth-order valence-corrected chi connectivity index (χ4v) is 3.62. The van der Waals surface area contributed by atoms with Crippen LogP contribution < -0.4 is 15.6 Å². The van der Waals surface area contributed by atoms with E-state index in [1.165, 1.54) is 4.52 Å². The zero-order valence-corrected chi connectivity index (χ0v) is 17.9. The first-order chi connectivity index (χ1) is 14.8. The van der Waals surface area contributed by atoms with Crippen molar-refractivity contribution in [3.05, 3.63) is 81.9 Å². The molecule has 0 radical (unpaired) electrons. The minimum absolute atomic E-state index is 0.00598. The third-order valence-corrected chi connectivity index (χ3v) is 4.90. The minimum Gasteiger partial charge on any atom is -0.491 e. The number of H-pyrrole nitrogens is 1. The topological polar surface area (TPSA) is 88.5 Å². The molecule has 158 valence electrons. The Morgan fingerprint density at radius 3 is 2.55 bits per heavy atom. The van der Waals surface area contributed by atoms with Crippen molar-refractivity contribution >= 4 is 17.2 Å². The SMILES string of the molecule is Cc1nc2c(-c3ccccc3)c(C)[nH]n2c(=O)c1C(=O)Nc1cccc(OC(C)C)c1. The standard InChI is InChI=1S/C24H24N4O3/c1-14(2)31-19-12-8-11-18(13-19)26-23(29)21-15(3)25-22-20(17-9-6-5-7-10-17)16(4)27-28(22)24(21)30/h5-14,27H,1-4H3,(H,26,29). The van der Waals surface area contributed by atoms with Gasteiger partial charge in [0.2, 0.25) is 0 Å². The van der Waals surface area contributed by atoms with Gasteiger partial charge in [0.15, 0.2) is 5.65 Å². The van der Waals surface area contributed by atoms with Gasteiger partial charge in [0.25, 0.3) is 11.5 Å². The molecule has 0 saturated carbocycles. The van der Waals surface area contributed by atoms with Crippen LogP contribution in [0.2, 0.25) is 0 Å². The molecule has 0 fully saturated rings. The molecule has 7 heteroatoms. The minimum atomic E-state index is -0.514. The second-order valence-corrected chi connectivity index (χ2v) is 7.66. The van der Waals surface area contributed by atoms with Crippen molar-refractivity contribution in [3.8, 4) is 16.9 Å². The Labute approximate surface area is 179 Å². The van der Waals surface area contributed by atoms with E-state index in [9.17, 15) is 9.59 Å². The van der Waals surface area contributed by atoms with Crippen LogP contribution in [0.1, 0.15) is 35.6 Å². The summed E-state index contributed by atoms with van der Waals surface area (Å²) in [5.41, 5.74) is 3.54. The molecular weight excluding hydrogens is 392 g/mol. The molecule has 0 aliphatic heterocycles. The van der Waals surface area contributed by atoms with Crippen molar-refractivity contribution in [3.63, 3.8) is 0 Å². The lowest BCUT2D eigenvalue weighted by Gasteiger charge is -2.12. The quantitative estimate of drug-likeness (QED) is 0.506. The molecule has 0 aliphatic carbocycles. The van der Waals surface area contributed by atoms with E-state index in [-0.39, 0.29) is 11.7 Å². The first-order valence-electron chi connectivity index (χ1n) is 10.1. The summed E-state index contributed by atoms with van der Waals surface area (Å²) in [6, 6.07) is 16.8. The van der Waals surface area contributed by atoms with Gasteiger partial charge in [-0.3, -0.25) is 14.7 Å². The van der Waals surface area contributed by atoms with Crippen LogP contribution in [0.25, 0.3) is 16.8 Å². The average Bonchev–Trinajstić information content (AvgIpc) is 3.04. The summed E-state index contributed by atoms with van der Waals surface area (Å²) < 4.78 is 7.00. The van der Waals surface area contributed by atoms with Gasteiger partial charge in [-0.1, -0.05) is 36.4 Å². The molecule has 2 aromatic carbocycles. The smallest absolute Gasteiger partial charge is 0.285 e. The predicted molar refractivity (Wildman–Crippen MR) is 121 cm³/mol. The highest BCUT2D eigenvalue weighted by Crippen LogP contribution is 2.26. The number of carbonyl (C=O) groups is 1. The highest BCUT2D eigenvalue weighted by molar-refractivity contribution is 6.05. The summed E-state index contributed by atoms with van der Waals surface area (Å²) in [6.45, 7) is 7.41. The second kappa shape index (κ2) is 8.10. The van der Waals surface area contributed by atoms with Crippen molar-refractivity contribution in [1.82, 2.24) is 14.6 Å². The molecule has 0 aliphatic rings. The fourth-order valence-electron chi connectivity index (χ4n) is 3.62. The van der Waals surface area contributed by atoms with Crippen LogP contribution in [0.4, 0.5) is 5.69 Å². The third-order valence-electron chi connectivity index (χ3n) is 4.90. The molecular formula is C24H24N4O3. The van der Waals surface area contributed by atoms with Crippen LogP contribution in [-0.4, -0.2) is 26.6 Å². The Morgan fingerprint density at radius 1 is 1.10 bits per heavy atom. The number of nitrogens with zero attached hydrogens (tertiary/aromatic N) is 2. The summed E-state index contributed by atoms with van der Waals surface area (Å²) in [6.07, 6.45) is 0.0133. The average molecular weight is 416 g/mol. The molecule has 4 rings (SSSR count). The number of nitrogens with one attached hydrogen (secondary N) is 2. The summed E-state index contributed by atoms with van der Waals surface area (Å²) in [4.78, 5) is 30.8. The monoisotopic (exact) mass is 416 g/mol. The van der Waals surface area contributed by atoms with Gasteiger partial charge in [-0.15, -0.1) is 0 Å². The molecule has 7 nitrogen and oxygen atoms in total.